The van der Waals surface area contributed by atoms with E-state index in [1.807, 2.05) is 12.1 Å². The van der Waals surface area contributed by atoms with Crippen LogP contribution in [0.5, 0.6) is 0 Å². The van der Waals surface area contributed by atoms with Crippen LogP contribution in [-0.2, 0) is 0 Å². The van der Waals surface area contributed by atoms with Crippen molar-refractivity contribution in [2.75, 3.05) is 0 Å². The molecular formula is C138H82O. The van der Waals surface area contributed by atoms with Crippen LogP contribution in [0.1, 0.15) is 0 Å². The minimum absolute atomic E-state index is 0.926. The molecule has 0 saturated carbocycles. The zero-order valence-electron chi connectivity index (χ0n) is 75.8. The molecule has 0 spiro atoms. The SMILES string of the molecule is c1ccc(-c2ccc3c(-c4cccc(-c5ccc6c7c(cccc57)-c5c-6c6ccccc6c6ccccc56)c4)cccc3c2)cc1.c1ccc(-c2ccc3cc(-c4ccc5cc(-c6ccc7c8c(cc9ccccc9c68)-c6ccc8ccccc8c6-7)ccc5c4)ccc3c2)cc1.c1ccc2c3c(ccc2c1)-c1cc2ccccc2c2c(-c4ccc(-c5ccc6oc7ccccc7c6c5)cc4)ccc-3c12. The maximum Gasteiger partial charge on any atom is 0.135 e. The normalized spacial score (nSPS) is 12.0. The quantitative estimate of drug-likeness (QED) is 0.138. The fraction of sp³-hybridized carbons (Fsp3) is 0. The molecule has 640 valence electrons. The number of rotatable bonds is 8. The van der Waals surface area contributed by atoms with Crippen molar-refractivity contribution in [2.24, 2.45) is 0 Å². The van der Waals surface area contributed by atoms with E-state index in [0.29, 0.717) is 0 Å². The van der Waals surface area contributed by atoms with E-state index in [1.54, 1.807) is 0 Å². The molecule has 1 heterocycles. The van der Waals surface area contributed by atoms with Crippen molar-refractivity contribution < 1.29 is 4.42 Å². The molecule has 0 bridgehead atoms. The molecule has 0 fully saturated rings. The Morgan fingerprint density at radius 2 is 0.417 bits per heavy atom. The molecule has 3 aliphatic carbocycles. The van der Waals surface area contributed by atoms with Gasteiger partial charge in [0.25, 0.3) is 0 Å². The van der Waals surface area contributed by atoms with Crippen molar-refractivity contribution in [3.63, 3.8) is 0 Å². The second kappa shape index (κ2) is 31.2. The van der Waals surface area contributed by atoms with Gasteiger partial charge in [0.05, 0.1) is 0 Å². The van der Waals surface area contributed by atoms with Gasteiger partial charge in [-0.15, -0.1) is 0 Å². The van der Waals surface area contributed by atoms with Gasteiger partial charge in [-0.1, -0.05) is 431 Å². The summed E-state index contributed by atoms with van der Waals surface area (Å²) in [5.74, 6) is 0. The molecule has 0 unspecified atom stereocenters. The van der Waals surface area contributed by atoms with Gasteiger partial charge < -0.3 is 4.42 Å². The molecule has 0 N–H and O–H groups in total. The Morgan fingerprint density at radius 3 is 0.986 bits per heavy atom. The van der Waals surface area contributed by atoms with Gasteiger partial charge in [0.1, 0.15) is 11.2 Å². The molecule has 27 aromatic carbocycles. The molecule has 3 aliphatic rings. The number of benzene rings is 27. The number of hydrogen-bond acceptors (Lipinski definition) is 1. The van der Waals surface area contributed by atoms with Crippen LogP contribution in [0, 0.1) is 0 Å². The molecule has 0 aliphatic heterocycles. The number of para-hydroxylation sites is 1. The first-order chi connectivity index (χ1) is 68.9. The number of fused-ring (bicyclic) bond motifs is 28. The first kappa shape index (κ1) is 78.4. The third-order valence-corrected chi connectivity index (χ3v) is 30.3. The number of furan rings is 1. The molecule has 1 nitrogen and oxygen atoms in total. The molecule has 31 rings (SSSR count). The van der Waals surface area contributed by atoms with E-state index >= 15 is 0 Å². The molecule has 0 amide bonds. The van der Waals surface area contributed by atoms with Crippen LogP contribution in [0.15, 0.2) is 502 Å². The highest BCUT2D eigenvalue weighted by Crippen LogP contribution is 2.59. The Kier molecular flexibility index (Phi) is 17.6. The summed E-state index contributed by atoms with van der Waals surface area (Å²) in [5, 5.41) is 33.6. The van der Waals surface area contributed by atoms with Gasteiger partial charge in [0.15, 0.2) is 0 Å². The summed E-state index contributed by atoms with van der Waals surface area (Å²) in [5.41, 5.74) is 37.9. The van der Waals surface area contributed by atoms with Gasteiger partial charge in [0, 0.05) is 10.8 Å². The Bertz CT molecular complexity index is 10100. The van der Waals surface area contributed by atoms with Crippen LogP contribution in [0.2, 0.25) is 0 Å². The summed E-state index contributed by atoms with van der Waals surface area (Å²) < 4.78 is 6.07. The van der Waals surface area contributed by atoms with E-state index in [9.17, 15) is 0 Å². The van der Waals surface area contributed by atoms with Gasteiger partial charge in [0.2, 0.25) is 0 Å². The lowest BCUT2D eigenvalue weighted by Gasteiger charge is -2.14. The van der Waals surface area contributed by atoms with Crippen LogP contribution < -0.4 is 0 Å². The maximum absolute atomic E-state index is 6.07. The van der Waals surface area contributed by atoms with Crippen molar-refractivity contribution in [1.82, 2.24) is 0 Å². The van der Waals surface area contributed by atoms with Crippen LogP contribution in [0.4, 0.5) is 0 Å². The van der Waals surface area contributed by atoms with Gasteiger partial charge >= 0.3 is 0 Å². The number of hydrogen-bond donors (Lipinski definition) is 0. The molecule has 0 radical (unpaired) electrons. The van der Waals surface area contributed by atoms with Gasteiger partial charge in [-0.25, -0.2) is 0 Å². The van der Waals surface area contributed by atoms with Crippen molar-refractivity contribution >= 4 is 151 Å². The topological polar surface area (TPSA) is 13.1 Å². The van der Waals surface area contributed by atoms with Crippen molar-refractivity contribution in [3.05, 3.63) is 497 Å². The Morgan fingerprint density at radius 1 is 0.101 bits per heavy atom. The molecule has 0 atom stereocenters. The molecule has 28 aromatic rings. The minimum atomic E-state index is 0.926. The van der Waals surface area contributed by atoms with Gasteiger partial charge in [-0.3, -0.25) is 0 Å². The molecule has 1 aromatic heterocycles. The maximum atomic E-state index is 6.07. The summed E-state index contributed by atoms with van der Waals surface area (Å²) in [7, 11) is 0. The van der Waals surface area contributed by atoms with Crippen molar-refractivity contribution in [3.8, 4) is 156 Å². The second-order valence-electron chi connectivity index (χ2n) is 37.8. The predicted octanol–water partition coefficient (Wildman–Crippen LogP) is 39.1. The lowest BCUT2D eigenvalue weighted by molar-refractivity contribution is 0.669. The lowest BCUT2D eigenvalue weighted by atomic mass is 9.89. The second-order valence-corrected chi connectivity index (χ2v) is 37.8. The first-order valence-electron chi connectivity index (χ1n) is 48.3. The van der Waals surface area contributed by atoms with E-state index in [-0.39, 0.29) is 0 Å². The van der Waals surface area contributed by atoms with E-state index in [0.717, 1.165) is 21.9 Å². The third-order valence-electron chi connectivity index (χ3n) is 30.3. The fourth-order valence-electron chi connectivity index (χ4n) is 23.9. The molecule has 1 heteroatoms. The average molecular weight is 1760 g/mol. The summed E-state index contributed by atoms with van der Waals surface area (Å²) in [6.45, 7) is 0. The highest BCUT2D eigenvalue weighted by molar-refractivity contribution is 6.34. The van der Waals surface area contributed by atoms with E-state index in [4.69, 9.17) is 4.42 Å². The average Bonchev–Trinajstić information content (AvgIpc) is 1.56. The minimum Gasteiger partial charge on any atom is -0.456 e. The third kappa shape index (κ3) is 12.4. The summed E-state index contributed by atoms with van der Waals surface area (Å²) in [6, 6.07) is 183. The van der Waals surface area contributed by atoms with E-state index in [1.165, 1.54) is 285 Å². The highest BCUT2D eigenvalue weighted by atomic mass is 16.3. The Balaban J connectivity index is 0.000000101. The van der Waals surface area contributed by atoms with Crippen LogP contribution >= 0.6 is 0 Å². The predicted molar refractivity (Wildman–Crippen MR) is 593 cm³/mol. The van der Waals surface area contributed by atoms with Crippen molar-refractivity contribution in [1.29, 1.82) is 0 Å². The highest BCUT2D eigenvalue weighted by Gasteiger charge is 2.32. The summed E-state index contributed by atoms with van der Waals surface area (Å²) in [6.07, 6.45) is 0. The summed E-state index contributed by atoms with van der Waals surface area (Å²) >= 11 is 0. The van der Waals surface area contributed by atoms with Crippen LogP contribution in [0.25, 0.3) is 307 Å². The van der Waals surface area contributed by atoms with Crippen LogP contribution in [-0.4, -0.2) is 0 Å². The monoisotopic (exact) mass is 1750 g/mol. The lowest BCUT2D eigenvalue weighted by Crippen LogP contribution is -1.87. The standard InChI is InChI=1S/C50H30.C46H28.C42H24O/c1-2-8-31(9-3-1)33-14-15-35-27-36(17-16-34(35)26-33)37-18-19-39-29-41(21-20-38(39)28-37)44-24-25-46-48-42-12-6-4-10-32(42)22-23-45(48)47-30-40-11-5-7-13-43(40)49(44)50(46)47;1-2-11-29(12-3-1)30-23-24-35-31(27-30)15-9-20-34(35)32-13-8-14-33(28-32)36-25-26-43-44-39(36)21-10-22-42(44)45-40-18-6-4-16-37(40)38-17-5-7-19-41(38)46(43)45;1-3-9-30-26(7-1)17-19-34-37-24-29-8-2-4-10-31(29)41-32(20-21-35(40(30)34)42(37)41)27-15-13-25(14-16-27)28-18-22-39-36(23-28)33-11-5-6-12-38(33)43-39/h1-30H;1-28H;1-24H. The fourth-order valence-corrected chi connectivity index (χ4v) is 23.9. The molecule has 139 heavy (non-hydrogen) atoms. The Hall–Kier alpha value is -18.1. The smallest absolute Gasteiger partial charge is 0.135 e. The first-order valence-corrected chi connectivity index (χ1v) is 48.3. The van der Waals surface area contributed by atoms with Gasteiger partial charge in [-0.2, -0.15) is 0 Å². The zero-order valence-corrected chi connectivity index (χ0v) is 75.8. The van der Waals surface area contributed by atoms with E-state index in [2.05, 4.69) is 485 Å². The van der Waals surface area contributed by atoms with E-state index < -0.39 is 0 Å². The Labute approximate surface area is 803 Å². The summed E-state index contributed by atoms with van der Waals surface area (Å²) in [4.78, 5) is 0. The largest absolute Gasteiger partial charge is 0.456 e. The molecular weight excluding hydrogens is 1670 g/mol. The molecule has 0 saturated heterocycles. The van der Waals surface area contributed by atoms with Crippen molar-refractivity contribution in [2.45, 2.75) is 0 Å². The van der Waals surface area contributed by atoms with Crippen LogP contribution in [0.3, 0.4) is 0 Å². The zero-order chi connectivity index (χ0) is 91.0. The van der Waals surface area contributed by atoms with Gasteiger partial charge in [-0.05, 0) is 352 Å².